The van der Waals surface area contributed by atoms with E-state index in [9.17, 15) is 4.79 Å². The Balaban J connectivity index is 1.52. The van der Waals surface area contributed by atoms with Crippen molar-refractivity contribution < 1.29 is 4.79 Å². The van der Waals surface area contributed by atoms with Gasteiger partial charge in [0.05, 0.1) is 28.0 Å². The molecule has 0 aromatic carbocycles. The Labute approximate surface area is 204 Å². The van der Waals surface area contributed by atoms with E-state index in [2.05, 4.69) is 45.7 Å². The summed E-state index contributed by atoms with van der Waals surface area (Å²) in [5.41, 5.74) is 5.51. The second-order valence-electron chi connectivity index (χ2n) is 9.25. The predicted octanol–water partition coefficient (Wildman–Crippen LogP) is 5.77. The van der Waals surface area contributed by atoms with Crippen LogP contribution in [0, 0.1) is 13.8 Å². The zero-order chi connectivity index (χ0) is 23.7. The molecule has 0 atom stereocenters. The van der Waals surface area contributed by atoms with Crippen LogP contribution < -0.4 is 10.2 Å². The quantitative estimate of drug-likeness (QED) is 0.386. The highest BCUT2D eigenvalue weighted by Crippen LogP contribution is 2.34. The molecular formula is C27H31N5OS. The second kappa shape index (κ2) is 9.58. The van der Waals surface area contributed by atoms with Gasteiger partial charge in [0.2, 0.25) is 0 Å². The Kier molecular flexibility index (Phi) is 6.37. The Morgan fingerprint density at radius 3 is 2.65 bits per heavy atom. The van der Waals surface area contributed by atoms with Crippen LogP contribution in [-0.2, 0) is 6.54 Å². The molecule has 7 heteroatoms. The second-order valence-corrected chi connectivity index (χ2v) is 10.5. The van der Waals surface area contributed by atoms with E-state index in [-0.39, 0.29) is 5.91 Å². The maximum Gasteiger partial charge on any atom is 0.253 e. The summed E-state index contributed by atoms with van der Waals surface area (Å²) in [6, 6.07) is 10.7. The number of rotatable bonds is 6. The Hall–Kier alpha value is -3.19. The summed E-state index contributed by atoms with van der Waals surface area (Å²) in [7, 11) is 2.15. The standard InChI is InChI=1S/C27H31N5OS/c1-18-9-11-20(14-28-18)15-30-27(33)21-13-23(31(3)22-7-5-4-6-8-22)26-29-16-24(32(26)17-21)25-12-10-19(2)34-25/h9-14,16-17,22H,4-8,15H2,1-3H3,(H,30,33). The minimum atomic E-state index is -0.0946. The first-order valence-corrected chi connectivity index (χ1v) is 12.8. The highest BCUT2D eigenvalue weighted by Gasteiger charge is 2.23. The summed E-state index contributed by atoms with van der Waals surface area (Å²) in [5.74, 6) is -0.0946. The van der Waals surface area contributed by atoms with Crippen molar-refractivity contribution >= 4 is 28.6 Å². The Morgan fingerprint density at radius 1 is 1.12 bits per heavy atom. The Bertz CT molecular complexity index is 1300. The lowest BCUT2D eigenvalue weighted by Gasteiger charge is -2.33. The van der Waals surface area contributed by atoms with Crippen molar-refractivity contribution in [1.82, 2.24) is 19.7 Å². The van der Waals surface area contributed by atoms with Crippen LogP contribution in [0.25, 0.3) is 16.2 Å². The number of aromatic nitrogens is 3. The van der Waals surface area contributed by atoms with Crippen molar-refractivity contribution in [3.63, 3.8) is 0 Å². The molecule has 4 heterocycles. The lowest BCUT2D eigenvalue weighted by Crippen LogP contribution is -2.34. The van der Waals surface area contributed by atoms with E-state index in [0.717, 1.165) is 33.2 Å². The van der Waals surface area contributed by atoms with Gasteiger partial charge in [-0.25, -0.2) is 4.98 Å². The molecule has 1 saturated carbocycles. The minimum absolute atomic E-state index is 0.0946. The van der Waals surface area contributed by atoms with Crippen molar-refractivity contribution in [2.24, 2.45) is 0 Å². The van der Waals surface area contributed by atoms with E-state index in [1.807, 2.05) is 43.7 Å². The minimum Gasteiger partial charge on any atom is -0.369 e. The first kappa shape index (κ1) is 22.6. The molecule has 0 aliphatic heterocycles. The lowest BCUT2D eigenvalue weighted by molar-refractivity contribution is 0.0950. The fraction of sp³-hybridized carbons (Fsp3) is 0.370. The molecule has 0 radical (unpaired) electrons. The van der Waals surface area contributed by atoms with Gasteiger partial charge < -0.3 is 10.2 Å². The number of fused-ring (bicyclic) bond motifs is 1. The predicted molar refractivity (Wildman–Crippen MR) is 139 cm³/mol. The van der Waals surface area contributed by atoms with Crippen LogP contribution in [0.15, 0.2) is 48.9 Å². The number of amides is 1. The first-order chi connectivity index (χ1) is 16.5. The van der Waals surface area contributed by atoms with Gasteiger partial charge >= 0.3 is 0 Å². The number of imidazole rings is 1. The number of hydrogen-bond donors (Lipinski definition) is 1. The number of carbonyl (C=O) groups excluding carboxylic acids is 1. The molecule has 4 aromatic rings. The third-order valence-corrected chi connectivity index (χ3v) is 7.79. The molecule has 5 rings (SSSR count). The van der Waals surface area contributed by atoms with Gasteiger partial charge in [-0.15, -0.1) is 11.3 Å². The number of carbonyl (C=O) groups is 1. The number of thiophene rings is 1. The molecule has 1 amide bonds. The summed E-state index contributed by atoms with van der Waals surface area (Å²) in [6.07, 6.45) is 11.8. The smallest absolute Gasteiger partial charge is 0.253 e. The maximum absolute atomic E-state index is 13.3. The van der Waals surface area contributed by atoms with E-state index in [4.69, 9.17) is 4.98 Å². The number of nitrogens with one attached hydrogen (secondary N) is 1. The van der Waals surface area contributed by atoms with Gasteiger partial charge in [-0.1, -0.05) is 25.3 Å². The van der Waals surface area contributed by atoms with E-state index < -0.39 is 0 Å². The highest BCUT2D eigenvalue weighted by molar-refractivity contribution is 7.15. The summed E-state index contributed by atoms with van der Waals surface area (Å²) in [6.45, 7) is 4.51. The number of nitrogens with zero attached hydrogens (tertiary/aromatic N) is 4. The van der Waals surface area contributed by atoms with Crippen molar-refractivity contribution in [1.29, 1.82) is 0 Å². The zero-order valence-electron chi connectivity index (χ0n) is 20.0. The van der Waals surface area contributed by atoms with Gasteiger partial charge in [-0.05, 0) is 56.5 Å². The third kappa shape index (κ3) is 4.57. The molecule has 34 heavy (non-hydrogen) atoms. The van der Waals surface area contributed by atoms with Crippen LogP contribution >= 0.6 is 11.3 Å². The fourth-order valence-corrected chi connectivity index (χ4v) is 5.63. The third-order valence-electron chi connectivity index (χ3n) is 6.77. The normalized spacial score (nSPS) is 14.4. The zero-order valence-corrected chi connectivity index (χ0v) is 20.9. The molecule has 4 aromatic heterocycles. The van der Waals surface area contributed by atoms with E-state index in [1.165, 1.54) is 37.0 Å². The molecule has 0 saturated heterocycles. The van der Waals surface area contributed by atoms with Gasteiger partial charge in [-0.2, -0.15) is 0 Å². The Morgan fingerprint density at radius 2 is 1.94 bits per heavy atom. The number of aryl methyl sites for hydroxylation is 2. The van der Waals surface area contributed by atoms with E-state index in [1.54, 1.807) is 11.3 Å². The van der Waals surface area contributed by atoms with Gasteiger partial charge in [0, 0.05) is 42.6 Å². The van der Waals surface area contributed by atoms with Gasteiger partial charge in [0.15, 0.2) is 5.65 Å². The first-order valence-electron chi connectivity index (χ1n) is 12.0. The highest BCUT2D eigenvalue weighted by atomic mass is 32.1. The van der Waals surface area contributed by atoms with Crippen LogP contribution in [0.2, 0.25) is 0 Å². The summed E-state index contributed by atoms with van der Waals surface area (Å²) < 4.78 is 2.09. The molecule has 0 spiro atoms. The number of hydrogen-bond acceptors (Lipinski definition) is 5. The van der Waals surface area contributed by atoms with E-state index in [0.29, 0.717) is 18.2 Å². The summed E-state index contributed by atoms with van der Waals surface area (Å²) >= 11 is 1.74. The number of pyridine rings is 2. The molecule has 176 valence electrons. The average molecular weight is 474 g/mol. The van der Waals surface area contributed by atoms with E-state index >= 15 is 0 Å². The molecule has 1 aliphatic carbocycles. The molecule has 0 unspecified atom stereocenters. The van der Waals surface area contributed by atoms with Gasteiger partial charge in [0.25, 0.3) is 5.91 Å². The summed E-state index contributed by atoms with van der Waals surface area (Å²) in [5, 5.41) is 3.07. The largest absolute Gasteiger partial charge is 0.369 e. The maximum atomic E-state index is 13.3. The molecule has 1 N–H and O–H groups in total. The van der Waals surface area contributed by atoms with Crippen LogP contribution in [0.5, 0.6) is 0 Å². The fourth-order valence-electron chi connectivity index (χ4n) is 4.76. The lowest BCUT2D eigenvalue weighted by atomic mass is 9.94. The monoisotopic (exact) mass is 473 g/mol. The van der Waals surface area contributed by atoms with Crippen molar-refractivity contribution in [3.8, 4) is 10.6 Å². The van der Waals surface area contributed by atoms with Crippen LogP contribution in [0.4, 0.5) is 5.69 Å². The van der Waals surface area contributed by atoms with Gasteiger partial charge in [0.1, 0.15) is 0 Å². The molecule has 0 bridgehead atoms. The average Bonchev–Trinajstić information content (AvgIpc) is 3.49. The number of anilines is 1. The molecule has 1 aliphatic rings. The SMILES string of the molecule is Cc1ccc(CNC(=O)c2cc(N(C)C3CCCCC3)c3ncc(-c4ccc(C)s4)n3c2)cn1. The van der Waals surface area contributed by atoms with Gasteiger partial charge in [-0.3, -0.25) is 14.2 Å². The van der Waals surface area contributed by atoms with Crippen molar-refractivity contribution in [2.45, 2.75) is 58.5 Å². The van der Waals surface area contributed by atoms with Crippen molar-refractivity contribution in [2.75, 3.05) is 11.9 Å². The van der Waals surface area contributed by atoms with Crippen LogP contribution in [0.3, 0.4) is 0 Å². The topological polar surface area (TPSA) is 62.5 Å². The van der Waals surface area contributed by atoms with Crippen LogP contribution in [-0.4, -0.2) is 33.4 Å². The molecule has 1 fully saturated rings. The van der Waals surface area contributed by atoms with Crippen LogP contribution in [0.1, 0.15) is 58.6 Å². The van der Waals surface area contributed by atoms with Crippen molar-refractivity contribution in [3.05, 3.63) is 70.6 Å². The summed E-state index contributed by atoms with van der Waals surface area (Å²) in [4.78, 5) is 27.2. The molecular weight excluding hydrogens is 442 g/mol. The molecule has 6 nitrogen and oxygen atoms in total.